The highest BCUT2D eigenvalue weighted by molar-refractivity contribution is 8.04. The van der Waals surface area contributed by atoms with Crippen molar-refractivity contribution in [3.05, 3.63) is 124 Å². The summed E-state index contributed by atoms with van der Waals surface area (Å²) < 4.78 is 24.2. The molecule has 0 atom stereocenters. The number of carbonyl (C=O) groups is 2. The molecule has 0 bridgehead atoms. The van der Waals surface area contributed by atoms with Gasteiger partial charge in [-0.3, -0.25) is 9.59 Å². The van der Waals surface area contributed by atoms with E-state index in [0.717, 1.165) is 21.6 Å². The number of fused-ring (bicyclic) bond motifs is 1. The third kappa shape index (κ3) is 6.61. The van der Waals surface area contributed by atoms with Crippen molar-refractivity contribution in [3.8, 4) is 11.5 Å². The van der Waals surface area contributed by atoms with E-state index >= 15 is 0 Å². The van der Waals surface area contributed by atoms with Gasteiger partial charge in [0.15, 0.2) is 11.5 Å². The highest BCUT2D eigenvalue weighted by atomic mass is 32.2. The molecule has 41 heavy (non-hydrogen) atoms. The standard InChI is InChI=1S/C33H29FN2O4S/c1-39-28-14-10-23(18-29(28)40-2)16-17-35-32(37)25-11-15-30-27(20-25)36(21-24-8-12-26(34)13-9-24)33(38)31(41-30)19-22-6-4-3-5-7-22/h3-15,18-20H,16-17,21H2,1-2H3,(H,35,37). The number of rotatable bonds is 9. The van der Waals surface area contributed by atoms with Crippen LogP contribution in [-0.4, -0.2) is 32.6 Å². The Bertz CT molecular complexity index is 1590. The first-order valence-corrected chi connectivity index (χ1v) is 13.9. The van der Waals surface area contributed by atoms with Gasteiger partial charge < -0.3 is 19.7 Å². The van der Waals surface area contributed by atoms with E-state index in [-0.39, 0.29) is 24.2 Å². The van der Waals surface area contributed by atoms with E-state index in [0.29, 0.717) is 40.6 Å². The van der Waals surface area contributed by atoms with Gasteiger partial charge in [-0.2, -0.15) is 0 Å². The average molecular weight is 569 g/mol. The van der Waals surface area contributed by atoms with Crippen molar-refractivity contribution in [1.29, 1.82) is 0 Å². The summed E-state index contributed by atoms with van der Waals surface area (Å²) in [6.45, 7) is 0.658. The van der Waals surface area contributed by atoms with Crippen LogP contribution in [0.4, 0.5) is 10.1 Å². The van der Waals surface area contributed by atoms with Gasteiger partial charge in [-0.05, 0) is 71.7 Å². The van der Waals surface area contributed by atoms with E-state index in [1.807, 2.05) is 60.7 Å². The van der Waals surface area contributed by atoms with Crippen molar-refractivity contribution in [2.24, 2.45) is 0 Å². The van der Waals surface area contributed by atoms with Gasteiger partial charge in [0.2, 0.25) is 0 Å². The number of amides is 2. The van der Waals surface area contributed by atoms with Crippen molar-refractivity contribution >= 4 is 35.3 Å². The van der Waals surface area contributed by atoms with Crippen molar-refractivity contribution in [3.63, 3.8) is 0 Å². The lowest BCUT2D eigenvalue weighted by molar-refractivity contribution is -0.114. The molecule has 0 radical (unpaired) electrons. The largest absolute Gasteiger partial charge is 0.493 e. The number of ether oxygens (including phenoxy) is 2. The molecule has 0 fully saturated rings. The molecule has 4 aromatic carbocycles. The Morgan fingerprint density at radius 2 is 1.63 bits per heavy atom. The van der Waals surface area contributed by atoms with Crippen molar-refractivity contribution in [2.45, 2.75) is 17.9 Å². The summed E-state index contributed by atoms with van der Waals surface area (Å²) in [6.07, 6.45) is 2.47. The minimum atomic E-state index is -0.341. The van der Waals surface area contributed by atoms with Crippen LogP contribution >= 0.6 is 11.8 Å². The van der Waals surface area contributed by atoms with Gasteiger partial charge in [0, 0.05) is 17.0 Å². The summed E-state index contributed by atoms with van der Waals surface area (Å²) in [4.78, 5) is 29.9. The second kappa shape index (κ2) is 12.7. The molecule has 2 amide bonds. The molecule has 208 valence electrons. The summed E-state index contributed by atoms with van der Waals surface area (Å²) in [5.41, 5.74) is 3.78. The minimum absolute atomic E-state index is 0.179. The van der Waals surface area contributed by atoms with E-state index in [1.165, 1.54) is 23.9 Å². The monoisotopic (exact) mass is 568 g/mol. The van der Waals surface area contributed by atoms with Gasteiger partial charge in [-0.15, -0.1) is 0 Å². The van der Waals surface area contributed by atoms with Crippen molar-refractivity contribution in [2.75, 3.05) is 25.7 Å². The number of benzene rings is 4. The van der Waals surface area contributed by atoms with Crippen LogP contribution in [0.25, 0.3) is 6.08 Å². The van der Waals surface area contributed by atoms with Crippen molar-refractivity contribution in [1.82, 2.24) is 5.32 Å². The third-order valence-electron chi connectivity index (χ3n) is 6.69. The normalized spacial score (nSPS) is 13.6. The highest BCUT2D eigenvalue weighted by Crippen LogP contribution is 2.43. The predicted octanol–water partition coefficient (Wildman–Crippen LogP) is 6.50. The van der Waals surface area contributed by atoms with Gasteiger partial charge in [0.05, 0.1) is 31.4 Å². The summed E-state index contributed by atoms with van der Waals surface area (Å²) in [7, 11) is 3.17. The SMILES string of the molecule is COc1ccc(CCNC(=O)c2ccc3c(c2)N(Cc2ccc(F)cc2)C(=O)C(=Cc2ccccc2)S3)cc1OC. The van der Waals surface area contributed by atoms with Crippen LogP contribution in [0, 0.1) is 5.82 Å². The number of nitrogens with one attached hydrogen (secondary N) is 1. The molecule has 0 unspecified atom stereocenters. The Morgan fingerprint density at radius 1 is 0.902 bits per heavy atom. The fourth-order valence-corrected chi connectivity index (χ4v) is 5.58. The maximum atomic E-state index is 13.7. The molecule has 0 saturated carbocycles. The molecule has 1 heterocycles. The molecule has 1 N–H and O–H groups in total. The summed E-state index contributed by atoms with van der Waals surface area (Å²) >= 11 is 1.37. The lowest BCUT2D eigenvalue weighted by Crippen LogP contribution is -2.34. The number of nitrogens with zero attached hydrogens (tertiary/aromatic N) is 1. The fraction of sp³-hybridized carbons (Fsp3) is 0.152. The van der Waals surface area contributed by atoms with Crippen LogP contribution < -0.4 is 19.7 Å². The Labute approximate surface area is 242 Å². The molecular formula is C33H29FN2O4S. The molecule has 6 nitrogen and oxygen atoms in total. The first kappa shape index (κ1) is 28.0. The molecule has 1 aliphatic heterocycles. The Kier molecular flexibility index (Phi) is 8.70. The minimum Gasteiger partial charge on any atom is -0.493 e. The molecule has 8 heteroatoms. The average Bonchev–Trinajstić information content (AvgIpc) is 3.00. The van der Waals surface area contributed by atoms with E-state index < -0.39 is 0 Å². The van der Waals surface area contributed by atoms with E-state index in [9.17, 15) is 14.0 Å². The number of hydrogen-bond donors (Lipinski definition) is 1. The van der Waals surface area contributed by atoms with E-state index in [1.54, 1.807) is 43.4 Å². The number of anilines is 1. The van der Waals surface area contributed by atoms with E-state index in [4.69, 9.17) is 9.47 Å². The van der Waals surface area contributed by atoms with Gasteiger partial charge in [-0.25, -0.2) is 4.39 Å². The number of thioether (sulfide) groups is 1. The fourth-order valence-electron chi connectivity index (χ4n) is 4.54. The second-order valence-corrected chi connectivity index (χ2v) is 10.5. The van der Waals surface area contributed by atoms with E-state index in [2.05, 4.69) is 5.32 Å². The Morgan fingerprint density at radius 3 is 2.37 bits per heavy atom. The molecule has 5 rings (SSSR count). The van der Waals surface area contributed by atoms with Crippen LogP contribution in [-0.2, 0) is 17.8 Å². The Balaban J connectivity index is 1.37. The summed E-state index contributed by atoms with van der Waals surface area (Å²) in [6, 6.07) is 26.8. The molecular weight excluding hydrogens is 539 g/mol. The van der Waals surface area contributed by atoms with Crippen LogP contribution in [0.5, 0.6) is 11.5 Å². The molecule has 0 aliphatic carbocycles. The number of carbonyl (C=O) groups excluding carboxylic acids is 2. The Hall–Kier alpha value is -4.56. The molecule has 1 aliphatic rings. The molecule has 0 saturated heterocycles. The maximum absolute atomic E-state index is 13.7. The second-order valence-electron chi connectivity index (χ2n) is 9.42. The highest BCUT2D eigenvalue weighted by Gasteiger charge is 2.30. The maximum Gasteiger partial charge on any atom is 0.265 e. The van der Waals surface area contributed by atoms with Crippen LogP contribution in [0.2, 0.25) is 0 Å². The summed E-state index contributed by atoms with van der Waals surface area (Å²) in [5.74, 6) is 0.523. The topological polar surface area (TPSA) is 67.9 Å². The van der Waals surface area contributed by atoms with Crippen molar-refractivity contribution < 1.29 is 23.5 Å². The third-order valence-corrected chi connectivity index (χ3v) is 7.76. The van der Waals surface area contributed by atoms with Gasteiger partial charge >= 0.3 is 0 Å². The van der Waals surface area contributed by atoms with Crippen LogP contribution in [0.3, 0.4) is 0 Å². The molecule has 4 aromatic rings. The van der Waals surface area contributed by atoms with Gasteiger partial charge in [0.1, 0.15) is 5.82 Å². The molecule has 0 aromatic heterocycles. The van der Waals surface area contributed by atoms with Crippen LogP contribution in [0.1, 0.15) is 27.0 Å². The zero-order chi connectivity index (χ0) is 28.8. The van der Waals surface area contributed by atoms with Crippen LogP contribution in [0.15, 0.2) is 101 Å². The van der Waals surface area contributed by atoms with Gasteiger partial charge in [0.25, 0.3) is 11.8 Å². The number of methoxy groups -OCH3 is 2. The lowest BCUT2D eigenvalue weighted by atomic mass is 10.1. The quantitative estimate of drug-likeness (QED) is 0.234. The first-order valence-electron chi connectivity index (χ1n) is 13.1. The predicted molar refractivity (Wildman–Crippen MR) is 160 cm³/mol. The summed E-state index contributed by atoms with van der Waals surface area (Å²) in [5, 5.41) is 2.97. The number of hydrogen-bond acceptors (Lipinski definition) is 5. The zero-order valence-corrected chi connectivity index (χ0v) is 23.5. The van der Waals surface area contributed by atoms with Gasteiger partial charge in [-0.1, -0.05) is 60.3 Å². The smallest absolute Gasteiger partial charge is 0.265 e. The molecule has 0 spiro atoms. The first-order chi connectivity index (χ1) is 19.9. The lowest BCUT2D eigenvalue weighted by Gasteiger charge is -2.31. The number of halogens is 1. The zero-order valence-electron chi connectivity index (χ0n) is 22.7.